The lowest BCUT2D eigenvalue weighted by molar-refractivity contribution is -0.116. The van der Waals surface area contributed by atoms with Crippen molar-refractivity contribution in [3.05, 3.63) is 36.2 Å². The molecule has 0 saturated carbocycles. The van der Waals surface area contributed by atoms with Gasteiger partial charge in [-0.25, -0.2) is 9.69 Å². The topological polar surface area (TPSA) is 98.5 Å². The minimum absolute atomic E-state index is 0.0372. The van der Waals surface area contributed by atoms with E-state index in [2.05, 4.69) is 10.3 Å². The quantitative estimate of drug-likeness (QED) is 0.583. The zero-order valence-corrected chi connectivity index (χ0v) is 18.6. The Morgan fingerprint density at radius 2 is 1.97 bits per heavy atom. The smallest absolute Gasteiger partial charge is 0.331 e. The predicted molar refractivity (Wildman–Crippen MR) is 117 cm³/mol. The standard InChI is InChI=1S/C22H27N5O5/c1-14-18(15(2)32-24-14)12-26-11-17(10-23-26)27-21(28)13-25(22(27)29)8-7-16-5-6-19(30-3)20(9-16)31-4/h5-6,9-11,15,18H,7-8,12-13H2,1-4H3. The monoisotopic (exact) mass is 441 g/mol. The number of nitrogens with zero attached hydrogens (tertiary/aromatic N) is 5. The van der Waals surface area contributed by atoms with E-state index in [9.17, 15) is 9.59 Å². The molecule has 0 spiro atoms. The molecule has 2 aliphatic heterocycles. The summed E-state index contributed by atoms with van der Waals surface area (Å²) in [6.07, 6.45) is 3.81. The van der Waals surface area contributed by atoms with Crippen molar-refractivity contribution in [1.29, 1.82) is 0 Å². The number of methoxy groups -OCH3 is 2. The van der Waals surface area contributed by atoms with E-state index in [0.29, 0.717) is 36.7 Å². The number of hydrogen-bond acceptors (Lipinski definition) is 7. The third kappa shape index (κ3) is 4.12. The molecule has 0 bridgehead atoms. The first kappa shape index (κ1) is 21.7. The van der Waals surface area contributed by atoms with Crippen molar-refractivity contribution >= 4 is 23.3 Å². The van der Waals surface area contributed by atoms with Gasteiger partial charge in [0, 0.05) is 12.7 Å². The number of hydrogen-bond donors (Lipinski definition) is 0. The maximum atomic E-state index is 12.9. The molecule has 2 aliphatic rings. The fourth-order valence-electron chi connectivity index (χ4n) is 3.98. The summed E-state index contributed by atoms with van der Waals surface area (Å²) in [6.45, 7) is 4.89. The first-order valence-corrected chi connectivity index (χ1v) is 10.5. The highest BCUT2D eigenvalue weighted by Crippen LogP contribution is 2.28. The second-order valence-corrected chi connectivity index (χ2v) is 7.94. The average Bonchev–Trinajstić information content (AvgIpc) is 3.45. The van der Waals surface area contributed by atoms with Crippen LogP contribution in [0.15, 0.2) is 35.7 Å². The minimum Gasteiger partial charge on any atom is -0.493 e. The lowest BCUT2D eigenvalue weighted by atomic mass is 10.00. The fraction of sp³-hybridized carbons (Fsp3) is 0.455. The van der Waals surface area contributed by atoms with Gasteiger partial charge in [0.15, 0.2) is 11.5 Å². The second kappa shape index (κ2) is 8.89. The molecule has 4 rings (SSSR count). The van der Waals surface area contributed by atoms with Gasteiger partial charge in [0.1, 0.15) is 12.6 Å². The van der Waals surface area contributed by atoms with Gasteiger partial charge in [-0.3, -0.25) is 9.48 Å². The molecule has 1 aromatic carbocycles. The van der Waals surface area contributed by atoms with E-state index in [1.165, 1.54) is 4.90 Å². The molecule has 2 aromatic rings. The van der Waals surface area contributed by atoms with Crippen molar-refractivity contribution < 1.29 is 23.9 Å². The SMILES string of the molecule is COc1ccc(CCN2CC(=O)N(c3cnn(CC4C(C)=NOC4C)c3)C2=O)cc1OC. The molecule has 10 nitrogen and oxygen atoms in total. The number of anilines is 1. The van der Waals surface area contributed by atoms with Gasteiger partial charge in [-0.15, -0.1) is 0 Å². The number of urea groups is 1. The minimum atomic E-state index is -0.342. The third-order valence-corrected chi connectivity index (χ3v) is 5.88. The highest BCUT2D eigenvalue weighted by atomic mass is 16.6. The molecule has 0 aliphatic carbocycles. The molecule has 2 atom stereocenters. The number of carbonyl (C=O) groups is 2. The Morgan fingerprint density at radius 3 is 2.66 bits per heavy atom. The lowest BCUT2D eigenvalue weighted by Crippen LogP contribution is -2.33. The van der Waals surface area contributed by atoms with Gasteiger partial charge in [-0.2, -0.15) is 5.10 Å². The predicted octanol–water partition coefficient (Wildman–Crippen LogP) is 2.32. The molecule has 1 saturated heterocycles. The van der Waals surface area contributed by atoms with Gasteiger partial charge < -0.3 is 19.2 Å². The summed E-state index contributed by atoms with van der Waals surface area (Å²) in [6, 6.07) is 5.28. The molecule has 32 heavy (non-hydrogen) atoms. The number of imide groups is 1. The van der Waals surface area contributed by atoms with Gasteiger partial charge in [0.05, 0.1) is 44.3 Å². The van der Waals surface area contributed by atoms with Gasteiger partial charge in [0.25, 0.3) is 5.91 Å². The first-order chi connectivity index (χ1) is 15.4. The highest BCUT2D eigenvalue weighted by Gasteiger charge is 2.38. The van der Waals surface area contributed by atoms with Crippen LogP contribution in [0, 0.1) is 5.92 Å². The number of aromatic nitrogens is 2. The molecular weight excluding hydrogens is 414 g/mol. The first-order valence-electron chi connectivity index (χ1n) is 10.5. The summed E-state index contributed by atoms with van der Waals surface area (Å²) in [4.78, 5) is 33.6. The van der Waals surface area contributed by atoms with Gasteiger partial charge in [-0.1, -0.05) is 11.2 Å². The van der Waals surface area contributed by atoms with Crippen LogP contribution < -0.4 is 14.4 Å². The number of benzene rings is 1. The van der Waals surface area contributed by atoms with E-state index in [1.54, 1.807) is 36.2 Å². The summed E-state index contributed by atoms with van der Waals surface area (Å²) in [5.41, 5.74) is 2.36. The molecule has 170 valence electrons. The van der Waals surface area contributed by atoms with Crippen LogP contribution in [0.4, 0.5) is 10.5 Å². The second-order valence-electron chi connectivity index (χ2n) is 7.94. The van der Waals surface area contributed by atoms with Crippen LogP contribution in [0.3, 0.4) is 0 Å². The van der Waals surface area contributed by atoms with E-state index in [4.69, 9.17) is 14.3 Å². The number of ether oxygens (including phenoxy) is 2. The Hall–Kier alpha value is -3.56. The molecule has 2 unspecified atom stereocenters. The Kier molecular flexibility index (Phi) is 6.02. The van der Waals surface area contributed by atoms with Crippen LogP contribution in [0.2, 0.25) is 0 Å². The number of oxime groups is 1. The van der Waals surface area contributed by atoms with E-state index in [1.807, 2.05) is 32.0 Å². The maximum absolute atomic E-state index is 12.9. The van der Waals surface area contributed by atoms with Gasteiger partial charge >= 0.3 is 6.03 Å². The van der Waals surface area contributed by atoms with Crippen LogP contribution >= 0.6 is 0 Å². The van der Waals surface area contributed by atoms with E-state index in [0.717, 1.165) is 11.3 Å². The molecule has 1 fully saturated rings. The van der Waals surface area contributed by atoms with Gasteiger partial charge in [0.2, 0.25) is 0 Å². The summed E-state index contributed by atoms with van der Waals surface area (Å²) in [5.74, 6) is 1.11. The van der Waals surface area contributed by atoms with Gasteiger partial charge in [-0.05, 0) is 38.0 Å². The average molecular weight is 441 g/mol. The van der Waals surface area contributed by atoms with E-state index < -0.39 is 0 Å². The van der Waals surface area contributed by atoms with Crippen LogP contribution in [-0.4, -0.2) is 65.7 Å². The largest absolute Gasteiger partial charge is 0.493 e. The van der Waals surface area contributed by atoms with Crippen molar-refractivity contribution in [3.63, 3.8) is 0 Å². The van der Waals surface area contributed by atoms with Crippen molar-refractivity contribution in [2.75, 3.05) is 32.2 Å². The molecule has 3 amide bonds. The van der Waals surface area contributed by atoms with Crippen LogP contribution in [0.1, 0.15) is 19.4 Å². The van der Waals surface area contributed by atoms with E-state index in [-0.39, 0.29) is 30.5 Å². The molecular formula is C22H27N5O5. The number of rotatable bonds is 8. The Labute approximate surface area is 186 Å². The Bertz CT molecular complexity index is 1050. The molecule has 0 N–H and O–H groups in total. The third-order valence-electron chi connectivity index (χ3n) is 5.88. The van der Waals surface area contributed by atoms with Crippen molar-refractivity contribution in [2.45, 2.75) is 32.9 Å². The fourth-order valence-corrected chi connectivity index (χ4v) is 3.98. The van der Waals surface area contributed by atoms with E-state index >= 15 is 0 Å². The summed E-state index contributed by atoms with van der Waals surface area (Å²) >= 11 is 0. The number of amides is 3. The zero-order valence-electron chi connectivity index (χ0n) is 18.6. The molecule has 1 aromatic heterocycles. The lowest BCUT2D eigenvalue weighted by Gasteiger charge is -2.16. The van der Waals surface area contributed by atoms with Crippen molar-refractivity contribution in [1.82, 2.24) is 14.7 Å². The van der Waals surface area contributed by atoms with Crippen LogP contribution in [0.25, 0.3) is 0 Å². The zero-order chi connectivity index (χ0) is 22.8. The maximum Gasteiger partial charge on any atom is 0.331 e. The Balaban J connectivity index is 1.40. The van der Waals surface area contributed by atoms with Crippen molar-refractivity contribution in [3.8, 4) is 11.5 Å². The summed E-state index contributed by atoms with van der Waals surface area (Å²) in [5, 5.41) is 8.35. The molecule has 3 heterocycles. The molecule has 0 radical (unpaired) electrons. The Morgan fingerprint density at radius 1 is 1.19 bits per heavy atom. The van der Waals surface area contributed by atoms with Crippen molar-refractivity contribution in [2.24, 2.45) is 11.1 Å². The molecule has 10 heteroatoms. The summed E-state index contributed by atoms with van der Waals surface area (Å²) < 4.78 is 12.3. The van der Waals surface area contributed by atoms with Crippen LogP contribution in [-0.2, 0) is 22.6 Å². The normalized spacial score (nSPS) is 20.6. The highest BCUT2D eigenvalue weighted by molar-refractivity contribution is 6.19. The van der Waals surface area contributed by atoms with Crippen LogP contribution in [0.5, 0.6) is 11.5 Å². The summed E-state index contributed by atoms with van der Waals surface area (Å²) in [7, 11) is 3.16. The number of carbonyl (C=O) groups excluding carboxylic acids is 2.